The van der Waals surface area contributed by atoms with Crippen molar-refractivity contribution in [1.82, 2.24) is 0 Å². The van der Waals surface area contributed by atoms with Crippen LogP contribution in [-0.2, 0) is 47.6 Å². The van der Waals surface area contributed by atoms with Crippen LogP contribution in [0.25, 0.3) is 0 Å². The summed E-state index contributed by atoms with van der Waals surface area (Å²) >= 11 is 0. The molecule has 12 heteroatoms. The molecule has 12 nitrogen and oxygen atoms in total. The van der Waals surface area contributed by atoms with Gasteiger partial charge in [0, 0.05) is 0 Å². The minimum Gasteiger partial charge on any atom is -0.464 e. The van der Waals surface area contributed by atoms with Gasteiger partial charge in [0.15, 0.2) is 17.8 Å². The monoisotopic (exact) mass is 510 g/mol. The summed E-state index contributed by atoms with van der Waals surface area (Å²) < 4.78 is 34.0. The van der Waals surface area contributed by atoms with Crippen LogP contribution in [0.1, 0.15) is 41.0 Å². The van der Waals surface area contributed by atoms with E-state index in [1.807, 2.05) is 20.8 Å². The van der Waals surface area contributed by atoms with Crippen LogP contribution >= 0.6 is 0 Å². The molecule has 6 aliphatic rings. The van der Waals surface area contributed by atoms with Gasteiger partial charge >= 0.3 is 23.9 Å². The van der Waals surface area contributed by atoms with Crippen LogP contribution in [0.2, 0.25) is 0 Å². The number of esters is 4. The normalized spacial score (nSPS) is 51.9. The lowest BCUT2D eigenvalue weighted by molar-refractivity contribution is -0.240. The van der Waals surface area contributed by atoms with Crippen LogP contribution in [0.5, 0.6) is 0 Å². The van der Waals surface area contributed by atoms with Gasteiger partial charge in [-0.3, -0.25) is 4.79 Å². The standard InChI is InChI=1S/C24H30O12/c1-6-31-12(25)8-32-15-17(28)35-19-21(15)10(20(3,4)5)7-11-22(21)13(26)14-23(30,9(2)16(27)34-14)24(22,36-19)18(29)33-11/h9-11,13-15,19,26,30H,6-8H2,1-5H3/t9?,10-,11?,13-,14-,15-,19-,21?,22-,23+,24+/m0/s1. The fraction of sp³-hybridized carbons (Fsp3) is 0.833. The summed E-state index contributed by atoms with van der Waals surface area (Å²) in [6.07, 6.45) is -6.84. The van der Waals surface area contributed by atoms with E-state index in [1.54, 1.807) is 6.92 Å². The van der Waals surface area contributed by atoms with Crippen LogP contribution in [-0.4, -0.2) is 89.2 Å². The van der Waals surface area contributed by atoms with Crippen molar-refractivity contribution >= 4 is 23.9 Å². The lowest BCUT2D eigenvalue weighted by Crippen LogP contribution is -2.67. The van der Waals surface area contributed by atoms with Crippen LogP contribution < -0.4 is 0 Å². The third kappa shape index (κ3) is 2.09. The van der Waals surface area contributed by atoms with Crippen molar-refractivity contribution in [2.45, 2.75) is 82.9 Å². The van der Waals surface area contributed by atoms with Gasteiger partial charge in [-0.15, -0.1) is 0 Å². The number of hydrogen-bond donors (Lipinski definition) is 2. The Morgan fingerprint density at radius 1 is 1.14 bits per heavy atom. The summed E-state index contributed by atoms with van der Waals surface area (Å²) in [5.74, 6) is -5.04. The van der Waals surface area contributed by atoms with Gasteiger partial charge in [0.05, 0.1) is 23.4 Å². The first-order chi connectivity index (χ1) is 16.8. The first-order valence-corrected chi connectivity index (χ1v) is 12.2. The van der Waals surface area contributed by atoms with Crippen molar-refractivity contribution in [1.29, 1.82) is 0 Å². The molecule has 36 heavy (non-hydrogen) atoms. The van der Waals surface area contributed by atoms with Gasteiger partial charge in [-0.1, -0.05) is 20.8 Å². The van der Waals surface area contributed by atoms with E-state index in [4.69, 9.17) is 28.4 Å². The smallest absolute Gasteiger partial charge is 0.343 e. The Balaban J connectivity index is 1.60. The molecule has 6 rings (SSSR count). The molecule has 0 aromatic rings. The van der Waals surface area contributed by atoms with Gasteiger partial charge in [0.2, 0.25) is 11.9 Å². The van der Waals surface area contributed by atoms with Gasteiger partial charge in [-0.2, -0.15) is 0 Å². The number of fused-ring (bicyclic) bond motifs is 1. The molecule has 198 valence electrons. The number of carbonyl (C=O) groups excluding carboxylic acids is 4. The minimum absolute atomic E-state index is 0.104. The number of carbonyl (C=O) groups is 4. The van der Waals surface area contributed by atoms with Crippen molar-refractivity contribution in [3.05, 3.63) is 0 Å². The first-order valence-electron chi connectivity index (χ1n) is 12.2. The molecule has 2 N–H and O–H groups in total. The van der Waals surface area contributed by atoms with E-state index in [2.05, 4.69) is 0 Å². The van der Waals surface area contributed by atoms with Crippen LogP contribution in [0.15, 0.2) is 0 Å². The summed E-state index contributed by atoms with van der Waals surface area (Å²) in [6, 6.07) is 0. The lowest BCUT2D eigenvalue weighted by atomic mass is 9.51. The Morgan fingerprint density at radius 2 is 1.83 bits per heavy atom. The lowest BCUT2D eigenvalue weighted by Gasteiger charge is -2.48. The molecule has 11 atom stereocenters. The van der Waals surface area contributed by atoms with Crippen LogP contribution in [0.3, 0.4) is 0 Å². The highest BCUT2D eigenvalue weighted by Crippen LogP contribution is 2.84. The molecule has 0 aromatic heterocycles. The predicted molar refractivity (Wildman–Crippen MR) is 112 cm³/mol. The number of ether oxygens (including phenoxy) is 6. The molecule has 0 radical (unpaired) electrons. The molecule has 4 aliphatic heterocycles. The molecule has 2 saturated carbocycles. The fourth-order valence-corrected chi connectivity index (χ4v) is 8.65. The molecule has 2 aliphatic carbocycles. The summed E-state index contributed by atoms with van der Waals surface area (Å²) in [5.41, 5.74) is -8.45. The van der Waals surface area contributed by atoms with Gasteiger partial charge in [0.1, 0.15) is 18.8 Å². The third-order valence-electron chi connectivity index (χ3n) is 9.64. The van der Waals surface area contributed by atoms with E-state index in [1.165, 1.54) is 6.92 Å². The number of hydrogen-bond acceptors (Lipinski definition) is 12. The van der Waals surface area contributed by atoms with Crippen LogP contribution in [0.4, 0.5) is 0 Å². The second kappa shape index (κ2) is 6.77. The van der Waals surface area contributed by atoms with Gasteiger partial charge in [0.25, 0.3) is 0 Å². The Morgan fingerprint density at radius 3 is 2.47 bits per heavy atom. The SMILES string of the molecule is CCOC(=O)CO[C@H]1C(=O)O[C@H]2O[C@]34C(=O)OC5C[C@@H](C(C)(C)C)C21[C@@]53[C@@H](O)[C@@H]1OC(=O)C(C)[C@@]14O. The summed E-state index contributed by atoms with van der Waals surface area (Å²) in [5, 5.41) is 24.0. The minimum atomic E-state index is -2.29. The Bertz CT molecular complexity index is 1080. The zero-order chi connectivity index (χ0) is 26.2. The number of aliphatic hydroxyl groups is 2. The van der Waals surface area contributed by atoms with Crippen molar-refractivity contribution in [3.63, 3.8) is 0 Å². The average molecular weight is 510 g/mol. The van der Waals surface area contributed by atoms with Gasteiger partial charge in [-0.25, -0.2) is 14.4 Å². The zero-order valence-electron chi connectivity index (χ0n) is 20.6. The van der Waals surface area contributed by atoms with E-state index in [0.717, 1.165) is 0 Å². The summed E-state index contributed by atoms with van der Waals surface area (Å²) in [4.78, 5) is 51.7. The number of rotatable bonds is 4. The molecule has 0 amide bonds. The molecule has 0 aromatic carbocycles. The molecular weight excluding hydrogens is 480 g/mol. The zero-order valence-corrected chi connectivity index (χ0v) is 20.6. The molecule has 6 fully saturated rings. The Kier molecular flexibility index (Phi) is 4.53. The molecule has 4 saturated heterocycles. The van der Waals surface area contributed by atoms with Gasteiger partial charge < -0.3 is 38.6 Å². The van der Waals surface area contributed by atoms with Crippen molar-refractivity contribution in [2.24, 2.45) is 28.1 Å². The van der Waals surface area contributed by atoms with E-state index in [0.29, 0.717) is 0 Å². The molecule has 3 unspecified atom stereocenters. The largest absolute Gasteiger partial charge is 0.464 e. The Labute approximate surface area is 206 Å². The molecule has 2 spiro atoms. The van der Waals surface area contributed by atoms with Crippen LogP contribution in [0, 0.1) is 28.1 Å². The van der Waals surface area contributed by atoms with Crippen molar-refractivity contribution < 1.29 is 57.8 Å². The highest BCUT2D eigenvalue weighted by atomic mass is 16.8. The topological polar surface area (TPSA) is 164 Å². The second-order valence-electron chi connectivity index (χ2n) is 11.8. The van der Waals surface area contributed by atoms with E-state index < -0.39 is 100 Å². The molecule has 0 bridgehead atoms. The van der Waals surface area contributed by atoms with Crippen molar-refractivity contribution in [3.8, 4) is 0 Å². The second-order valence-corrected chi connectivity index (χ2v) is 11.8. The average Bonchev–Trinajstić information content (AvgIpc) is 3.49. The fourth-order valence-electron chi connectivity index (χ4n) is 8.65. The highest BCUT2D eigenvalue weighted by molar-refractivity contribution is 5.94. The maximum atomic E-state index is 13.7. The van der Waals surface area contributed by atoms with Gasteiger partial charge in [-0.05, 0) is 31.6 Å². The highest BCUT2D eigenvalue weighted by Gasteiger charge is 3.04. The predicted octanol–water partition coefficient (Wildman–Crippen LogP) is -0.782. The third-order valence-corrected chi connectivity index (χ3v) is 9.64. The van der Waals surface area contributed by atoms with Crippen molar-refractivity contribution in [2.75, 3.05) is 13.2 Å². The van der Waals surface area contributed by atoms with E-state index in [-0.39, 0.29) is 13.0 Å². The Hall–Kier alpha value is -2.28. The van der Waals surface area contributed by atoms with E-state index in [9.17, 15) is 29.4 Å². The molecule has 4 heterocycles. The summed E-state index contributed by atoms with van der Waals surface area (Å²) in [6.45, 7) is 8.31. The van der Waals surface area contributed by atoms with E-state index >= 15 is 0 Å². The quantitative estimate of drug-likeness (QED) is 0.359. The summed E-state index contributed by atoms with van der Waals surface area (Å²) in [7, 11) is 0. The maximum absolute atomic E-state index is 13.7. The first kappa shape index (κ1) is 24.1. The number of aliphatic hydroxyl groups excluding tert-OH is 1. The maximum Gasteiger partial charge on any atom is 0.343 e. The molecular formula is C24H30O12.